The molecule has 0 unspecified atom stereocenters. The molecular formula is C23H30N2O4. The van der Waals surface area contributed by atoms with E-state index in [-0.39, 0.29) is 12.2 Å². The Morgan fingerprint density at radius 3 is 1.31 bits per heavy atom. The Labute approximate surface area is 173 Å². The van der Waals surface area contributed by atoms with E-state index in [2.05, 4.69) is 0 Å². The molecule has 0 saturated carbocycles. The molecule has 0 aliphatic carbocycles. The lowest BCUT2D eigenvalue weighted by atomic mass is 10.0. The number of ether oxygens (including phenoxy) is 2. The normalized spacial score (nSPS) is 10.3. The highest BCUT2D eigenvalue weighted by molar-refractivity contribution is 5.88. The molecule has 0 heterocycles. The van der Waals surface area contributed by atoms with Gasteiger partial charge >= 0.3 is 12.2 Å². The van der Waals surface area contributed by atoms with Crippen molar-refractivity contribution >= 4 is 23.6 Å². The zero-order chi connectivity index (χ0) is 21.2. The predicted molar refractivity (Wildman–Crippen MR) is 116 cm³/mol. The van der Waals surface area contributed by atoms with E-state index in [0.29, 0.717) is 13.1 Å². The number of rotatable bonds is 8. The number of carbonyl (C=O) groups excluding carboxylic acids is 2. The Balaban J connectivity index is 2.10. The van der Waals surface area contributed by atoms with Crippen molar-refractivity contribution in [3.8, 4) is 0 Å². The summed E-state index contributed by atoms with van der Waals surface area (Å²) in [6.07, 6.45) is 1.77. The third kappa shape index (κ3) is 5.98. The van der Waals surface area contributed by atoms with Crippen molar-refractivity contribution in [3.05, 3.63) is 59.7 Å². The average Bonchev–Trinajstić information content (AvgIpc) is 2.76. The lowest BCUT2D eigenvalue weighted by molar-refractivity contribution is 0.178. The maximum Gasteiger partial charge on any atom is 0.413 e. The molecule has 0 aliphatic heterocycles. The first-order valence-electron chi connectivity index (χ1n) is 9.92. The van der Waals surface area contributed by atoms with Crippen molar-refractivity contribution in [2.75, 3.05) is 37.1 Å². The van der Waals surface area contributed by atoms with E-state index in [9.17, 15) is 9.59 Å². The molecule has 0 fully saturated rings. The molecule has 6 heteroatoms. The van der Waals surface area contributed by atoms with E-state index in [1.54, 1.807) is 9.80 Å². The van der Waals surface area contributed by atoms with E-state index >= 15 is 0 Å². The zero-order valence-corrected chi connectivity index (χ0v) is 17.7. The van der Waals surface area contributed by atoms with Gasteiger partial charge in [0.15, 0.2) is 0 Å². The lowest BCUT2D eigenvalue weighted by Crippen LogP contribution is -2.31. The molecule has 156 valence electrons. The van der Waals surface area contributed by atoms with Gasteiger partial charge in [0, 0.05) is 24.5 Å². The van der Waals surface area contributed by atoms with Crippen molar-refractivity contribution in [1.82, 2.24) is 0 Å². The second-order valence-electron chi connectivity index (χ2n) is 6.75. The molecule has 0 saturated heterocycles. The Morgan fingerprint density at radius 1 is 0.690 bits per heavy atom. The van der Waals surface area contributed by atoms with Crippen LogP contribution in [-0.4, -0.2) is 39.5 Å². The average molecular weight is 399 g/mol. The van der Waals surface area contributed by atoms with E-state index in [0.717, 1.165) is 41.8 Å². The fourth-order valence-corrected chi connectivity index (χ4v) is 3.14. The van der Waals surface area contributed by atoms with E-state index in [4.69, 9.17) is 9.47 Å². The fourth-order valence-electron chi connectivity index (χ4n) is 3.14. The number of carbonyl (C=O) groups is 2. The van der Waals surface area contributed by atoms with Gasteiger partial charge in [-0.15, -0.1) is 0 Å². The van der Waals surface area contributed by atoms with E-state index in [1.807, 2.05) is 62.4 Å². The van der Waals surface area contributed by atoms with Crippen LogP contribution in [0.1, 0.15) is 37.8 Å². The number of amides is 2. The van der Waals surface area contributed by atoms with Gasteiger partial charge < -0.3 is 9.47 Å². The number of methoxy groups -OCH3 is 2. The van der Waals surface area contributed by atoms with Crippen LogP contribution in [0.4, 0.5) is 21.0 Å². The summed E-state index contributed by atoms with van der Waals surface area (Å²) in [5.41, 5.74) is 3.93. The number of anilines is 2. The van der Waals surface area contributed by atoms with Gasteiger partial charge in [-0.25, -0.2) is 9.59 Å². The number of benzene rings is 2. The molecule has 2 amide bonds. The highest BCUT2D eigenvalue weighted by Gasteiger charge is 2.16. The summed E-state index contributed by atoms with van der Waals surface area (Å²) in [7, 11) is 2.79. The van der Waals surface area contributed by atoms with Crippen LogP contribution in [0.3, 0.4) is 0 Å². The lowest BCUT2D eigenvalue weighted by Gasteiger charge is -2.21. The molecule has 2 aromatic rings. The maximum absolute atomic E-state index is 11.9. The largest absolute Gasteiger partial charge is 0.452 e. The molecule has 6 nitrogen and oxygen atoms in total. The molecule has 2 aromatic carbocycles. The molecule has 0 atom stereocenters. The third-order valence-electron chi connectivity index (χ3n) is 4.59. The Kier molecular flexibility index (Phi) is 8.52. The van der Waals surface area contributed by atoms with Crippen molar-refractivity contribution in [2.45, 2.75) is 33.1 Å². The van der Waals surface area contributed by atoms with Gasteiger partial charge in [0.2, 0.25) is 0 Å². The summed E-state index contributed by atoms with van der Waals surface area (Å²) in [5, 5.41) is 0. The molecule has 0 aromatic heterocycles. The first kappa shape index (κ1) is 22.3. The quantitative estimate of drug-likeness (QED) is 0.610. The zero-order valence-electron chi connectivity index (χ0n) is 17.7. The maximum atomic E-state index is 11.9. The van der Waals surface area contributed by atoms with Crippen molar-refractivity contribution in [2.24, 2.45) is 0 Å². The minimum Gasteiger partial charge on any atom is -0.452 e. The van der Waals surface area contributed by atoms with Gasteiger partial charge in [-0.2, -0.15) is 0 Å². The molecule has 0 aliphatic rings. The van der Waals surface area contributed by atoms with Crippen LogP contribution in [0, 0.1) is 0 Å². The predicted octanol–water partition coefficient (Wildman–Crippen LogP) is 5.24. The molecule has 0 radical (unpaired) electrons. The Hall–Kier alpha value is -3.02. The van der Waals surface area contributed by atoms with Crippen LogP contribution in [0.2, 0.25) is 0 Å². The fraction of sp³-hybridized carbons (Fsp3) is 0.391. The Bertz CT molecular complexity index is 720. The SMILES string of the molecule is CCCN(C(=O)OC)c1ccc(Cc2ccc(N(CCC)C(=O)OC)cc2)cc1. The van der Waals surface area contributed by atoms with E-state index in [1.165, 1.54) is 14.2 Å². The van der Waals surface area contributed by atoms with Gasteiger partial charge in [-0.3, -0.25) is 9.80 Å². The van der Waals surface area contributed by atoms with Gasteiger partial charge in [-0.05, 0) is 54.7 Å². The first-order chi connectivity index (χ1) is 14.0. The van der Waals surface area contributed by atoms with Crippen molar-refractivity contribution in [1.29, 1.82) is 0 Å². The van der Waals surface area contributed by atoms with Crippen LogP contribution in [0.5, 0.6) is 0 Å². The Morgan fingerprint density at radius 2 is 1.03 bits per heavy atom. The number of hydrogen-bond donors (Lipinski definition) is 0. The molecule has 0 N–H and O–H groups in total. The monoisotopic (exact) mass is 398 g/mol. The van der Waals surface area contributed by atoms with Crippen LogP contribution in [-0.2, 0) is 15.9 Å². The summed E-state index contributed by atoms with van der Waals surface area (Å²) in [4.78, 5) is 27.2. The van der Waals surface area contributed by atoms with Crippen molar-refractivity contribution in [3.63, 3.8) is 0 Å². The smallest absolute Gasteiger partial charge is 0.413 e. The van der Waals surface area contributed by atoms with Crippen LogP contribution in [0.15, 0.2) is 48.5 Å². The highest BCUT2D eigenvalue weighted by Crippen LogP contribution is 2.21. The minimum atomic E-state index is -0.350. The van der Waals surface area contributed by atoms with Crippen LogP contribution < -0.4 is 9.80 Å². The summed E-state index contributed by atoms with van der Waals surface area (Å²) < 4.78 is 9.74. The van der Waals surface area contributed by atoms with Crippen LogP contribution in [0.25, 0.3) is 0 Å². The topological polar surface area (TPSA) is 59.1 Å². The number of nitrogens with zero attached hydrogens (tertiary/aromatic N) is 2. The number of hydrogen-bond acceptors (Lipinski definition) is 4. The summed E-state index contributed by atoms with van der Waals surface area (Å²) in [6, 6.07) is 15.8. The summed E-state index contributed by atoms with van der Waals surface area (Å²) in [6.45, 7) is 5.27. The minimum absolute atomic E-state index is 0.350. The standard InChI is InChI=1S/C23H30N2O4/c1-5-15-24(22(26)28-3)20-11-7-18(8-12-20)17-19-9-13-21(14-10-19)25(16-6-2)23(27)29-4/h7-14H,5-6,15-17H2,1-4H3. The summed E-state index contributed by atoms with van der Waals surface area (Å²) >= 11 is 0. The molecule has 2 rings (SSSR count). The van der Waals surface area contributed by atoms with E-state index < -0.39 is 0 Å². The second kappa shape index (κ2) is 11.1. The van der Waals surface area contributed by atoms with Crippen molar-refractivity contribution < 1.29 is 19.1 Å². The molecular weight excluding hydrogens is 368 g/mol. The first-order valence-corrected chi connectivity index (χ1v) is 9.92. The van der Waals surface area contributed by atoms with Gasteiger partial charge in [-0.1, -0.05) is 38.1 Å². The molecule has 0 bridgehead atoms. The third-order valence-corrected chi connectivity index (χ3v) is 4.59. The van der Waals surface area contributed by atoms with Gasteiger partial charge in [0.05, 0.1) is 14.2 Å². The molecule has 29 heavy (non-hydrogen) atoms. The highest BCUT2D eigenvalue weighted by atomic mass is 16.5. The second-order valence-corrected chi connectivity index (χ2v) is 6.75. The van der Waals surface area contributed by atoms with Gasteiger partial charge in [0.1, 0.15) is 0 Å². The molecule has 0 spiro atoms. The summed E-state index contributed by atoms with van der Waals surface area (Å²) in [5.74, 6) is 0. The van der Waals surface area contributed by atoms with Crippen LogP contribution >= 0.6 is 0 Å². The van der Waals surface area contributed by atoms with Gasteiger partial charge in [0.25, 0.3) is 0 Å².